The minimum absolute atomic E-state index is 0.751. The maximum absolute atomic E-state index is 4.82. The van der Waals surface area contributed by atoms with E-state index in [-0.39, 0.29) is 0 Å². The predicted octanol–water partition coefficient (Wildman–Crippen LogP) is 6.47. The second-order valence-electron chi connectivity index (χ2n) is 8.30. The molecule has 0 fully saturated rings. The van der Waals surface area contributed by atoms with E-state index in [1.807, 2.05) is 6.20 Å². The molecule has 6 rings (SSSR count). The number of nitrogens with one attached hydrogen (secondary N) is 2. The summed E-state index contributed by atoms with van der Waals surface area (Å²) in [6, 6.07) is 23.5. The van der Waals surface area contributed by atoms with E-state index in [1.165, 1.54) is 38.5 Å². The van der Waals surface area contributed by atoms with Crippen molar-refractivity contribution in [3.05, 3.63) is 95.4 Å². The lowest BCUT2D eigenvalue weighted by Gasteiger charge is -2.02. The fraction of sp³-hybridized carbons (Fsp3) is 0.111. The summed E-state index contributed by atoms with van der Waals surface area (Å²) in [5, 5.41) is 2.44. The molecule has 0 amide bonds. The monoisotopic (exact) mass is 402 g/mol. The van der Waals surface area contributed by atoms with Gasteiger partial charge in [-0.2, -0.15) is 0 Å². The number of imidazole rings is 1. The van der Waals surface area contributed by atoms with E-state index in [0.29, 0.717) is 0 Å². The zero-order chi connectivity index (χ0) is 20.9. The molecule has 3 aromatic carbocycles. The van der Waals surface area contributed by atoms with Crippen molar-refractivity contribution in [2.75, 3.05) is 0 Å². The molecule has 0 atom stereocenters. The average Bonchev–Trinajstić information content (AvgIpc) is 3.33. The number of benzene rings is 3. The average molecular weight is 403 g/mol. The molecule has 0 unspecified atom stereocenters. The van der Waals surface area contributed by atoms with Gasteiger partial charge in [-0.15, -0.1) is 0 Å². The molecule has 0 aliphatic carbocycles. The molecule has 0 bridgehead atoms. The van der Waals surface area contributed by atoms with Gasteiger partial charge in [0.15, 0.2) is 0 Å². The molecule has 2 N–H and O–H groups in total. The zero-order valence-corrected chi connectivity index (χ0v) is 17.5. The minimum atomic E-state index is 0.751. The van der Waals surface area contributed by atoms with Crippen molar-refractivity contribution >= 4 is 32.8 Å². The molecule has 0 saturated carbocycles. The molecule has 3 heterocycles. The van der Waals surface area contributed by atoms with Crippen LogP contribution in [0.1, 0.15) is 22.5 Å². The number of rotatable bonds is 3. The van der Waals surface area contributed by atoms with Crippen LogP contribution in [0.4, 0.5) is 0 Å². The van der Waals surface area contributed by atoms with Crippen LogP contribution in [-0.2, 0) is 6.42 Å². The first-order valence-electron chi connectivity index (χ1n) is 10.6. The van der Waals surface area contributed by atoms with E-state index in [9.17, 15) is 0 Å². The lowest BCUT2D eigenvalue weighted by atomic mass is 10.1. The first kappa shape index (κ1) is 17.9. The molecule has 31 heavy (non-hydrogen) atoms. The van der Waals surface area contributed by atoms with E-state index >= 15 is 0 Å². The summed E-state index contributed by atoms with van der Waals surface area (Å²) in [7, 11) is 0. The molecule has 6 aromatic rings. The third kappa shape index (κ3) is 3.08. The molecule has 0 radical (unpaired) electrons. The fourth-order valence-corrected chi connectivity index (χ4v) is 4.45. The molecule has 3 aromatic heterocycles. The van der Waals surface area contributed by atoms with Crippen LogP contribution in [0.5, 0.6) is 0 Å². The van der Waals surface area contributed by atoms with Gasteiger partial charge in [0.1, 0.15) is 5.82 Å². The number of para-hydroxylation sites is 1. The lowest BCUT2D eigenvalue weighted by Crippen LogP contribution is -1.91. The van der Waals surface area contributed by atoms with Crippen LogP contribution in [0.25, 0.3) is 44.1 Å². The number of aromatic amines is 2. The smallest absolute Gasteiger partial charge is 0.111 e. The molecular weight excluding hydrogens is 380 g/mol. The number of H-pyrrole nitrogens is 2. The van der Waals surface area contributed by atoms with Crippen molar-refractivity contribution < 1.29 is 0 Å². The number of pyridine rings is 1. The van der Waals surface area contributed by atoms with Gasteiger partial charge >= 0.3 is 0 Å². The summed E-state index contributed by atoms with van der Waals surface area (Å²) < 4.78 is 0. The van der Waals surface area contributed by atoms with E-state index in [1.54, 1.807) is 0 Å². The summed E-state index contributed by atoms with van der Waals surface area (Å²) in [5.41, 5.74) is 10.2. The van der Waals surface area contributed by atoms with Crippen molar-refractivity contribution in [2.45, 2.75) is 20.3 Å². The highest BCUT2D eigenvalue weighted by atomic mass is 14.9. The SMILES string of the molecule is Cc1cnc2cc(Cc3nc4ccc(-c5[nH]c6ccccc6c5C)cc4[nH]3)ccc2c1. The van der Waals surface area contributed by atoms with Crippen LogP contribution in [0.15, 0.2) is 72.9 Å². The van der Waals surface area contributed by atoms with Gasteiger partial charge in [-0.3, -0.25) is 4.98 Å². The summed E-state index contributed by atoms with van der Waals surface area (Å²) in [5.74, 6) is 0.965. The lowest BCUT2D eigenvalue weighted by molar-refractivity contribution is 1.04. The standard InChI is InChI=1S/C27H22N4/c1-16-11-19-8-7-18(12-24(19)28-15-16)13-26-29-23-10-9-20(14-25(23)30-26)27-17(2)21-5-3-4-6-22(21)31-27/h3-12,14-15,31H,13H2,1-2H3,(H,29,30). The Morgan fingerprint density at radius 1 is 0.806 bits per heavy atom. The van der Waals surface area contributed by atoms with Crippen molar-refractivity contribution in [3.63, 3.8) is 0 Å². The topological polar surface area (TPSA) is 57.4 Å². The third-order valence-electron chi connectivity index (χ3n) is 6.04. The van der Waals surface area contributed by atoms with Gasteiger partial charge in [-0.1, -0.05) is 36.4 Å². The largest absolute Gasteiger partial charge is 0.354 e. The number of aromatic nitrogens is 4. The summed E-state index contributed by atoms with van der Waals surface area (Å²) in [6.45, 7) is 4.24. The normalized spacial score (nSPS) is 11.7. The van der Waals surface area contributed by atoms with Crippen LogP contribution in [-0.4, -0.2) is 19.9 Å². The van der Waals surface area contributed by atoms with Crippen LogP contribution < -0.4 is 0 Å². The van der Waals surface area contributed by atoms with Crippen molar-refractivity contribution in [3.8, 4) is 11.3 Å². The Bertz CT molecular complexity index is 1590. The van der Waals surface area contributed by atoms with Gasteiger partial charge in [-0.05, 0) is 60.9 Å². The Balaban J connectivity index is 1.35. The van der Waals surface area contributed by atoms with Crippen molar-refractivity contribution in [2.24, 2.45) is 0 Å². The van der Waals surface area contributed by atoms with E-state index in [2.05, 4.69) is 95.5 Å². The molecule has 0 saturated heterocycles. The molecule has 0 aliphatic rings. The van der Waals surface area contributed by atoms with Crippen LogP contribution in [0.2, 0.25) is 0 Å². The summed E-state index contributed by atoms with van der Waals surface area (Å²) in [4.78, 5) is 16.5. The number of aryl methyl sites for hydroxylation is 2. The van der Waals surface area contributed by atoms with Gasteiger partial charge in [0.25, 0.3) is 0 Å². The number of nitrogens with zero attached hydrogens (tertiary/aromatic N) is 2. The Kier molecular flexibility index (Phi) is 3.93. The van der Waals surface area contributed by atoms with Crippen molar-refractivity contribution in [1.82, 2.24) is 19.9 Å². The predicted molar refractivity (Wildman–Crippen MR) is 127 cm³/mol. The van der Waals surface area contributed by atoms with Gasteiger partial charge < -0.3 is 9.97 Å². The molecular formula is C27H22N4. The van der Waals surface area contributed by atoms with Crippen LogP contribution in [0.3, 0.4) is 0 Å². The molecule has 0 aliphatic heterocycles. The first-order chi connectivity index (χ1) is 15.1. The van der Waals surface area contributed by atoms with E-state index < -0.39 is 0 Å². The third-order valence-corrected chi connectivity index (χ3v) is 6.04. The second kappa shape index (κ2) is 6.81. The maximum Gasteiger partial charge on any atom is 0.111 e. The van der Waals surface area contributed by atoms with E-state index in [4.69, 9.17) is 4.98 Å². The molecule has 4 nitrogen and oxygen atoms in total. The number of fused-ring (bicyclic) bond motifs is 3. The molecule has 0 spiro atoms. The van der Waals surface area contributed by atoms with Gasteiger partial charge in [-0.25, -0.2) is 4.98 Å². The van der Waals surface area contributed by atoms with Gasteiger partial charge in [0, 0.05) is 40.2 Å². The Morgan fingerprint density at radius 2 is 1.71 bits per heavy atom. The number of hydrogen-bond acceptors (Lipinski definition) is 2. The Morgan fingerprint density at radius 3 is 2.61 bits per heavy atom. The maximum atomic E-state index is 4.82. The Hall–Kier alpha value is -3.92. The summed E-state index contributed by atoms with van der Waals surface area (Å²) >= 11 is 0. The quantitative estimate of drug-likeness (QED) is 0.356. The van der Waals surface area contributed by atoms with E-state index in [0.717, 1.165) is 34.5 Å². The highest BCUT2D eigenvalue weighted by molar-refractivity contribution is 5.92. The molecule has 4 heteroatoms. The van der Waals surface area contributed by atoms with Gasteiger partial charge in [0.05, 0.1) is 16.6 Å². The van der Waals surface area contributed by atoms with Crippen molar-refractivity contribution in [1.29, 1.82) is 0 Å². The highest BCUT2D eigenvalue weighted by Gasteiger charge is 2.11. The number of hydrogen-bond donors (Lipinski definition) is 2. The fourth-order valence-electron chi connectivity index (χ4n) is 4.45. The van der Waals surface area contributed by atoms with Crippen LogP contribution in [0, 0.1) is 13.8 Å². The molecule has 150 valence electrons. The van der Waals surface area contributed by atoms with Crippen LogP contribution >= 0.6 is 0 Å². The summed E-state index contributed by atoms with van der Waals surface area (Å²) in [6.07, 6.45) is 2.67. The first-order valence-corrected chi connectivity index (χ1v) is 10.6. The highest BCUT2D eigenvalue weighted by Crippen LogP contribution is 2.31. The zero-order valence-electron chi connectivity index (χ0n) is 17.5. The minimum Gasteiger partial charge on any atom is -0.354 e. The Labute approximate surface area is 180 Å². The second-order valence-corrected chi connectivity index (χ2v) is 8.30. The van der Waals surface area contributed by atoms with Gasteiger partial charge in [0.2, 0.25) is 0 Å².